The highest BCUT2D eigenvalue weighted by Gasteiger charge is 2.09. The van der Waals surface area contributed by atoms with Crippen LogP contribution in [0.4, 0.5) is 0 Å². The number of rotatable bonds is 1. The zero-order valence-corrected chi connectivity index (χ0v) is 9.15. The summed E-state index contributed by atoms with van der Waals surface area (Å²) in [5.41, 5.74) is 3.60. The first-order valence-electron chi connectivity index (χ1n) is 4.89. The van der Waals surface area contributed by atoms with Crippen molar-refractivity contribution < 1.29 is 4.12 Å². The smallest absolute Gasteiger partial charge is 0.281 e. The number of benzene rings is 2. The molecular formula is C12H8N2OS. The molecular weight excluding hydrogens is 220 g/mol. The standard InChI is InChI=1S/C12H8N2OS/c15-14-12-7-6-10(8-11(12)13-16-14)9-4-2-1-3-5-9/h1-8H. The maximum absolute atomic E-state index is 11.3. The van der Waals surface area contributed by atoms with E-state index >= 15 is 0 Å². The van der Waals surface area contributed by atoms with Crippen molar-refractivity contribution in [1.82, 2.24) is 4.37 Å². The van der Waals surface area contributed by atoms with E-state index in [-0.39, 0.29) is 0 Å². The van der Waals surface area contributed by atoms with Gasteiger partial charge in [-0.05, 0) is 23.3 Å². The average Bonchev–Trinajstić information content (AvgIpc) is 2.72. The van der Waals surface area contributed by atoms with Gasteiger partial charge in [-0.2, -0.15) is 4.12 Å². The summed E-state index contributed by atoms with van der Waals surface area (Å²) in [4.78, 5) is 0. The van der Waals surface area contributed by atoms with Crippen molar-refractivity contribution in [3.05, 3.63) is 53.7 Å². The zero-order chi connectivity index (χ0) is 11.0. The summed E-state index contributed by atoms with van der Waals surface area (Å²) >= 11 is 0.933. The quantitative estimate of drug-likeness (QED) is 0.474. The molecule has 0 aliphatic heterocycles. The van der Waals surface area contributed by atoms with Gasteiger partial charge in [0, 0.05) is 10.4 Å². The fourth-order valence-corrected chi connectivity index (χ4v) is 2.24. The normalized spacial score (nSPS) is 10.8. The van der Waals surface area contributed by atoms with Gasteiger partial charge in [0.15, 0.2) is 5.52 Å². The van der Waals surface area contributed by atoms with E-state index in [1.54, 1.807) is 0 Å². The molecule has 2 aromatic carbocycles. The second-order valence-corrected chi connectivity index (χ2v) is 4.18. The first-order valence-corrected chi connectivity index (χ1v) is 5.62. The van der Waals surface area contributed by atoms with Crippen LogP contribution in [0.3, 0.4) is 0 Å². The highest BCUT2D eigenvalue weighted by molar-refractivity contribution is 6.95. The highest BCUT2D eigenvalue weighted by atomic mass is 32.1. The Bertz CT molecular complexity index is 634. The number of nitrogens with zero attached hydrogens (tertiary/aromatic N) is 2. The maximum Gasteiger partial charge on any atom is 0.281 e. The number of hydrogen-bond donors (Lipinski definition) is 0. The van der Waals surface area contributed by atoms with E-state index in [2.05, 4.69) is 4.37 Å². The Morgan fingerprint density at radius 2 is 1.81 bits per heavy atom. The summed E-state index contributed by atoms with van der Waals surface area (Å²) in [6.45, 7) is 0. The number of hydrogen-bond acceptors (Lipinski definition) is 3. The van der Waals surface area contributed by atoms with Crippen LogP contribution in [0, 0.1) is 5.21 Å². The minimum Gasteiger partial charge on any atom is -0.700 e. The fraction of sp³-hybridized carbons (Fsp3) is 0. The van der Waals surface area contributed by atoms with E-state index in [0.717, 1.165) is 32.5 Å². The van der Waals surface area contributed by atoms with Crippen molar-refractivity contribution >= 4 is 22.8 Å². The van der Waals surface area contributed by atoms with E-state index in [1.807, 2.05) is 48.5 Å². The van der Waals surface area contributed by atoms with Crippen LogP contribution in [0.5, 0.6) is 0 Å². The van der Waals surface area contributed by atoms with Crippen LogP contribution in [0.2, 0.25) is 0 Å². The summed E-state index contributed by atoms with van der Waals surface area (Å²) in [6, 6.07) is 15.8. The first-order chi connectivity index (χ1) is 7.84. The monoisotopic (exact) mass is 228 g/mol. The lowest BCUT2D eigenvalue weighted by atomic mass is 10.1. The number of aromatic nitrogens is 2. The minimum absolute atomic E-state index is 0.629. The zero-order valence-electron chi connectivity index (χ0n) is 8.33. The van der Waals surface area contributed by atoms with E-state index in [4.69, 9.17) is 0 Å². The van der Waals surface area contributed by atoms with Crippen molar-refractivity contribution in [2.24, 2.45) is 0 Å². The van der Waals surface area contributed by atoms with Crippen LogP contribution in [0.15, 0.2) is 48.5 Å². The molecule has 3 nitrogen and oxygen atoms in total. The largest absolute Gasteiger partial charge is 0.700 e. The molecule has 0 bridgehead atoms. The number of fused-ring (bicyclic) bond motifs is 1. The van der Waals surface area contributed by atoms with Gasteiger partial charge in [0.25, 0.3) is 11.7 Å². The molecule has 0 radical (unpaired) electrons. The first kappa shape index (κ1) is 9.30. The second kappa shape index (κ2) is 3.57. The van der Waals surface area contributed by atoms with Gasteiger partial charge < -0.3 is 5.21 Å². The van der Waals surface area contributed by atoms with Crippen LogP contribution in [0.25, 0.3) is 22.2 Å². The van der Waals surface area contributed by atoms with Crippen LogP contribution >= 0.6 is 11.7 Å². The Hall–Kier alpha value is -1.94. The van der Waals surface area contributed by atoms with Gasteiger partial charge in [0.2, 0.25) is 5.52 Å². The Labute approximate surface area is 96.5 Å². The molecule has 0 saturated heterocycles. The average molecular weight is 228 g/mol. The molecule has 16 heavy (non-hydrogen) atoms. The van der Waals surface area contributed by atoms with Crippen LogP contribution in [0.1, 0.15) is 0 Å². The summed E-state index contributed by atoms with van der Waals surface area (Å²) in [7, 11) is 0. The van der Waals surface area contributed by atoms with Gasteiger partial charge in [-0.15, -0.1) is 0 Å². The lowest BCUT2D eigenvalue weighted by molar-refractivity contribution is -0.500. The molecule has 0 saturated carbocycles. The molecule has 0 N–H and O–H groups in total. The summed E-state index contributed by atoms with van der Waals surface area (Å²) in [5, 5.41) is 11.3. The Kier molecular flexibility index (Phi) is 2.08. The third-order valence-electron chi connectivity index (χ3n) is 2.49. The molecule has 0 aliphatic rings. The molecule has 0 amide bonds. The van der Waals surface area contributed by atoms with Gasteiger partial charge in [-0.3, -0.25) is 0 Å². The van der Waals surface area contributed by atoms with Gasteiger partial charge in [0.05, 0.1) is 0 Å². The molecule has 3 rings (SSSR count). The van der Waals surface area contributed by atoms with E-state index in [1.165, 1.54) is 0 Å². The Morgan fingerprint density at radius 3 is 2.62 bits per heavy atom. The van der Waals surface area contributed by atoms with Crippen molar-refractivity contribution in [3.8, 4) is 11.1 Å². The van der Waals surface area contributed by atoms with Crippen molar-refractivity contribution in [2.75, 3.05) is 0 Å². The molecule has 3 aromatic rings. The second-order valence-electron chi connectivity index (χ2n) is 3.50. The van der Waals surface area contributed by atoms with Gasteiger partial charge in [-0.1, -0.05) is 30.3 Å². The molecule has 0 atom stereocenters. The molecule has 0 fully saturated rings. The predicted molar refractivity (Wildman–Crippen MR) is 64.0 cm³/mol. The summed E-state index contributed by atoms with van der Waals surface area (Å²) < 4.78 is 4.92. The van der Waals surface area contributed by atoms with E-state index < -0.39 is 0 Å². The van der Waals surface area contributed by atoms with Crippen molar-refractivity contribution in [2.45, 2.75) is 0 Å². The minimum atomic E-state index is 0.629. The van der Waals surface area contributed by atoms with Crippen molar-refractivity contribution in [3.63, 3.8) is 0 Å². The lowest BCUT2D eigenvalue weighted by Crippen LogP contribution is -2.18. The molecule has 78 valence electrons. The van der Waals surface area contributed by atoms with Gasteiger partial charge in [-0.25, -0.2) is 0 Å². The van der Waals surface area contributed by atoms with E-state index in [0.29, 0.717) is 5.52 Å². The SMILES string of the molecule is [O-][n+]1snc2cc(-c3ccccc3)ccc21. The third-order valence-corrected chi connectivity index (χ3v) is 3.12. The highest BCUT2D eigenvalue weighted by Crippen LogP contribution is 2.22. The van der Waals surface area contributed by atoms with Crippen LogP contribution < -0.4 is 4.12 Å². The fourth-order valence-electron chi connectivity index (χ4n) is 1.69. The van der Waals surface area contributed by atoms with Gasteiger partial charge in [0.1, 0.15) is 0 Å². The molecule has 4 heteroatoms. The van der Waals surface area contributed by atoms with Crippen LogP contribution in [-0.2, 0) is 0 Å². The van der Waals surface area contributed by atoms with Crippen molar-refractivity contribution in [1.29, 1.82) is 0 Å². The molecule has 0 aliphatic carbocycles. The van der Waals surface area contributed by atoms with Gasteiger partial charge >= 0.3 is 0 Å². The Morgan fingerprint density at radius 1 is 1.00 bits per heavy atom. The maximum atomic E-state index is 11.3. The topological polar surface area (TPSA) is 39.8 Å². The third kappa shape index (κ3) is 1.44. The van der Waals surface area contributed by atoms with Crippen LogP contribution in [-0.4, -0.2) is 4.37 Å². The van der Waals surface area contributed by atoms with E-state index in [9.17, 15) is 5.21 Å². The summed E-state index contributed by atoms with van der Waals surface area (Å²) in [6.07, 6.45) is 0. The molecule has 0 unspecified atom stereocenters. The molecule has 0 spiro atoms. The molecule has 1 heterocycles. The Balaban J connectivity index is 2.19. The predicted octanol–water partition coefficient (Wildman–Crippen LogP) is 2.60. The lowest BCUT2D eigenvalue weighted by Gasteiger charge is -1.99. The summed E-state index contributed by atoms with van der Waals surface area (Å²) in [5.74, 6) is 0. The molecule has 1 aromatic heterocycles.